The predicted octanol–water partition coefficient (Wildman–Crippen LogP) is 6.01. The summed E-state index contributed by atoms with van der Waals surface area (Å²) >= 11 is 0. The first-order chi connectivity index (χ1) is 17.0. The van der Waals surface area contributed by atoms with Crippen LogP contribution in [0.1, 0.15) is 46.6 Å². The normalized spacial score (nSPS) is 11.1. The first-order valence-corrected chi connectivity index (χ1v) is 12.2. The van der Waals surface area contributed by atoms with E-state index in [4.69, 9.17) is 9.72 Å². The Labute approximate surface area is 206 Å². The number of para-hydroxylation sites is 2. The number of aryl methyl sites for hydroxylation is 4. The van der Waals surface area contributed by atoms with Crippen LogP contribution in [0.25, 0.3) is 11.0 Å². The van der Waals surface area contributed by atoms with Gasteiger partial charge < -0.3 is 14.6 Å². The molecule has 1 heterocycles. The van der Waals surface area contributed by atoms with Crippen LogP contribution in [0.3, 0.4) is 0 Å². The van der Waals surface area contributed by atoms with Gasteiger partial charge >= 0.3 is 0 Å². The Morgan fingerprint density at radius 2 is 1.77 bits per heavy atom. The Morgan fingerprint density at radius 1 is 0.971 bits per heavy atom. The van der Waals surface area contributed by atoms with Gasteiger partial charge in [-0.25, -0.2) is 9.37 Å². The molecule has 0 aliphatic carbocycles. The molecule has 1 amide bonds. The number of carbonyl (C=O) groups is 1. The zero-order chi connectivity index (χ0) is 24.6. The van der Waals surface area contributed by atoms with Gasteiger partial charge in [-0.15, -0.1) is 0 Å². The van der Waals surface area contributed by atoms with E-state index in [1.54, 1.807) is 12.1 Å². The molecule has 0 aliphatic heterocycles. The van der Waals surface area contributed by atoms with E-state index in [1.807, 2.05) is 24.3 Å². The largest absolute Gasteiger partial charge is 0.494 e. The molecule has 4 rings (SSSR count). The molecule has 5 nitrogen and oxygen atoms in total. The van der Waals surface area contributed by atoms with Gasteiger partial charge in [0, 0.05) is 19.5 Å². The van der Waals surface area contributed by atoms with Gasteiger partial charge in [0.15, 0.2) is 0 Å². The minimum Gasteiger partial charge on any atom is -0.494 e. The van der Waals surface area contributed by atoms with Gasteiger partial charge in [0.2, 0.25) is 0 Å². The van der Waals surface area contributed by atoms with Crippen molar-refractivity contribution in [3.63, 3.8) is 0 Å². The highest BCUT2D eigenvalue weighted by molar-refractivity contribution is 5.94. The molecule has 1 N–H and O–H groups in total. The van der Waals surface area contributed by atoms with E-state index in [9.17, 15) is 9.18 Å². The Bertz CT molecular complexity index is 1300. The number of rotatable bonds is 11. The minimum absolute atomic E-state index is 0.0720. The molecule has 0 spiro atoms. The Kier molecular flexibility index (Phi) is 8.14. The van der Waals surface area contributed by atoms with Crippen LogP contribution >= 0.6 is 0 Å². The second kappa shape index (κ2) is 11.6. The summed E-state index contributed by atoms with van der Waals surface area (Å²) in [5.41, 5.74) is 4.67. The zero-order valence-corrected chi connectivity index (χ0v) is 20.4. The summed E-state index contributed by atoms with van der Waals surface area (Å²) in [6, 6.07) is 20.4. The number of fused-ring (bicyclic) bond motifs is 1. The Balaban J connectivity index is 1.29. The summed E-state index contributed by atoms with van der Waals surface area (Å²) < 4.78 is 22.0. The highest BCUT2D eigenvalue weighted by atomic mass is 19.1. The number of hydrogen-bond donors (Lipinski definition) is 1. The van der Waals surface area contributed by atoms with Gasteiger partial charge in [0.05, 0.1) is 23.2 Å². The maximum absolute atomic E-state index is 13.8. The molecule has 6 heteroatoms. The summed E-state index contributed by atoms with van der Waals surface area (Å²) in [6.07, 6.45) is 3.37. The lowest BCUT2D eigenvalue weighted by Gasteiger charge is -2.11. The molecule has 4 aromatic rings. The maximum Gasteiger partial charge on any atom is 0.254 e. The summed E-state index contributed by atoms with van der Waals surface area (Å²) in [4.78, 5) is 17.1. The SMILES string of the molecule is Cc1ccc(OCCCCn2c(CCCNC(=O)c3ccccc3F)nc3ccccc32)cc1C. The standard InChI is InChI=1S/C29H32FN3O2/c1-21-15-16-23(20-22(21)2)35-19-8-7-18-33-27-13-6-5-12-26(27)32-28(33)14-9-17-31-29(34)24-10-3-4-11-25(24)30/h3-6,10-13,15-16,20H,7-9,14,17-19H2,1-2H3,(H,31,34). The van der Waals surface area contributed by atoms with E-state index in [0.717, 1.165) is 54.8 Å². The summed E-state index contributed by atoms with van der Waals surface area (Å²) in [5.74, 6) is 1.02. The monoisotopic (exact) mass is 473 g/mol. The van der Waals surface area contributed by atoms with Crippen molar-refractivity contribution in [1.29, 1.82) is 0 Å². The van der Waals surface area contributed by atoms with Crippen LogP contribution in [-0.2, 0) is 13.0 Å². The van der Waals surface area contributed by atoms with Crippen molar-refractivity contribution in [1.82, 2.24) is 14.9 Å². The Hall–Kier alpha value is -3.67. The van der Waals surface area contributed by atoms with Crippen molar-refractivity contribution >= 4 is 16.9 Å². The van der Waals surface area contributed by atoms with Crippen molar-refractivity contribution in [2.75, 3.05) is 13.2 Å². The first kappa shape index (κ1) is 24.5. The van der Waals surface area contributed by atoms with Gasteiger partial charge in [0.1, 0.15) is 17.4 Å². The van der Waals surface area contributed by atoms with Crippen LogP contribution in [0.2, 0.25) is 0 Å². The number of ether oxygens (including phenoxy) is 1. The van der Waals surface area contributed by atoms with Crippen molar-refractivity contribution < 1.29 is 13.9 Å². The fraction of sp³-hybridized carbons (Fsp3) is 0.310. The molecule has 0 unspecified atom stereocenters. The molecule has 0 fully saturated rings. The third-order valence-electron chi connectivity index (χ3n) is 6.24. The molecule has 35 heavy (non-hydrogen) atoms. The van der Waals surface area contributed by atoms with E-state index in [1.165, 1.54) is 23.3 Å². The van der Waals surface area contributed by atoms with E-state index >= 15 is 0 Å². The zero-order valence-electron chi connectivity index (χ0n) is 20.4. The second-order valence-electron chi connectivity index (χ2n) is 8.81. The fourth-order valence-corrected chi connectivity index (χ4v) is 4.12. The number of imidazole rings is 1. The molecule has 0 radical (unpaired) electrons. The molecule has 0 atom stereocenters. The highest BCUT2D eigenvalue weighted by Crippen LogP contribution is 2.19. The van der Waals surface area contributed by atoms with Gasteiger partial charge in [-0.1, -0.05) is 30.3 Å². The number of carbonyl (C=O) groups excluding carboxylic acids is 1. The van der Waals surface area contributed by atoms with Crippen LogP contribution in [0.15, 0.2) is 66.7 Å². The van der Waals surface area contributed by atoms with Crippen molar-refractivity contribution in [3.8, 4) is 5.75 Å². The van der Waals surface area contributed by atoms with E-state index in [0.29, 0.717) is 13.2 Å². The molecule has 0 bridgehead atoms. The average molecular weight is 474 g/mol. The average Bonchev–Trinajstić information content (AvgIpc) is 3.21. The number of nitrogens with one attached hydrogen (secondary N) is 1. The van der Waals surface area contributed by atoms with Crippen molar-refractivity contribution in [2.45, 2.75) is 46.1 Å². The number of aromatic nitrogens is 2. The first-order valence-electron chi connectivity index (χ1n) is 12.2. The van der Waals surface area contributed by atoms with Crippen LogP contribution in [0.5, 0.6) is 5.75 Å². The number of hydrogen-bond acceptors (Lipinski definition) is 3. The van der Waals surface area contributed by atoms with Crippen molar-refractivity contribution in [3.05, 3.63) is 95.1 Å². The summed E-state index contributed by atoms with van der Waals surface area (Å²) in [7, 11) is 0. The number of nitrogens with zero attached hydrogens (tertiary/aromatic N) is 2. The molecule has 182 valence electrons. The molecule has 0 saturated carbocycles. The number of amides is 1. The van der Waals surface area contributed by atoms with Crippen LogP contribution in [0, 0.1) is 19.7 Å². The number of halogens is 1. The molecule has 3 aromatic carbocycles. The lowest BCUT2D eigenvalue weighted by Crippen LogP contribution is -2.25. The van der Waals surface area contributed by atoms with Crippen LogP contribution in [-0.4, -0.2) is 28.6 Å². The molecule has 0 saturated heterocycles. The number of unbranched alkanes of at least 4 members (excludes halogenated alkanes) is 1. The van der Waals surface area contributed by atoms with Gasteiger partial charge in [-0.2, -0.15) is 0 Å². The van der Waals surface area contributed by atoms with Crippen LogP contribution in [0.4, 0.5) is 4.39 Å². The van der Waals surface area contributed by atoms with Gasteiger partial charge in [-0.05, 0) is 80.6 Å². The quantitative estimate of drug-likeness (QED) is 0.271. The highest BCUT2D eigenvalue weighted by Gasteiger charge is 2.12. The topological polar surface area (TPSA) is 56.1 Å². The van der Waals surface area contributed by atoms with Crippen LogP contribution < -0.4 is 10.1 Å². The molecule has 1 aromatic heterocycles. The maximum atomic E-state index is 13.8. The Morgan fingerprint density at radius 3 is 2.60 bits per heavy atom. The lowest BCUT2D eigenvalue weighted by molar-refractivity contribution is 0.0949. The minimum atomic E-state index is -0.506. The lowest BCUT2D eigenvalue weighted by atomic mass is 10.1. The van der Waals surface area contributed by atoms with E-state index < -0.39 is 5.82 Å². The molecular formula is C29H32FN3O2. The van der Waals surface area contributed by atoms with Gasteiger partial charge in [-0.3, -0.25) is 4.79 Å². The molecular weight excluding hydrogens is 441 g/mol. The fourth-order valence-electron chi connectivity index (χ4n) is 4.12. The van der Waals surface area contributed by atoms with Crippen molar-refractivity contribution in [2.24, 2.45) is 0 Å². The van der Waals surface area contributed by atoms with E-state index in [-0.39, 0.29) is 11.5 Å². The third kappa shape index (κ3) is 6.27. The van der Waals surface area contributed by atoms with E-state index in [2.05, 4.69) is 41.9 Å². The third-order valence-corrected chi connectivity index (χ3v) is 6.24. The molecule has 0 aliphatic rings. The van der Waals surface area contributed by atoms with Gasteiger partial charge in [0.25, 0.3) is 5.91 Å². The second-order valence-corrected chi connectivity index (χ2v) is 8.81. The summed E-state index contributed by atoms with van der Waals surface area (Å²) in [5, 5.41) is 2.81. The smallest absolute Gasteiger partial charge is 0.254 e. The predicted molar refractivity (Wildman–Crippen MR) is 137 cm³/mol. The summed E-state index contributed by atoms with van der Waals surface area (Å²) in [6.45, 7) is 6.18. The number of benzene rings is 3.